The largest absolute Gasteiger partial charge is 0.383 e. The van der Waals surface area contributed by atoms with Crippen LogP contribution in [0, 0.1) is 0 Å². The lowest BCUT2D eigenvalue weighted by molar-refractivity contribution is 1.17. The molecule has 0 saturated heterocycles. The molecule has 0 fully saturated rings. The highest BCUT2D eigenvalue weighted by atomic mass is 79.9. The molecular formula is C14H10BrN5. The fourth-order valence-electron chi connectivity index (χ4n) is 1.88. The van der Waals surface area contributed by atoms with Gasteiger partial charge in [-0.15, -0.1) is 0 Å². The molecule has 98 valence electrons. The van der Waals surface area contributed by atoms with Gasteiger partial charge in [0.05, 0.1) is 10.2 Å². The summed E-state index contributed by atoms with van der Waals surface area (Å²) in [4.78, 5) is 16.7. The predicted molar refractivity (Wildman–Crippen MR) is 80.6 cm³/mol. The van der Waals surface area contributed by atoms with Crippen LogP contribution in [0.3, 0.4) is 0 Å². The predicted octanol–water partition coefficient (Wildman–Crippen LogP) is 2.95. The van der Waals surface area contributed by atoms with E-state index in [1.807, 2.05) is 18.2 Å². The molecule has 0 unspecified atom stereocenters. The number of nitrogens with zero attached hydrogens (tertiary/aromatic N) is 4. The van der Waals surface area contributed by atoms with E-state index in [4.69, 9.17) is 5.73 Å². The quantitative estimate of drug-likeness (QED) is 0.782. The van der Waals surface area contributed by atoms with Crippen LogP contribution in [-0.4, -0.2) is 19.9 Å². The summed E-state index contributed by atoms with van der Waals surface area (Å²) in [6, 6.07) is 5.72. The molecule has 0 amide bonds. The third-order valence-electron chi connectivity index (χ3n) is 2.81. The van der Waals surface area contributed by atoms with Gasteiger partial charge < -0.3 is 5.73 Å². The van der Waals surface area contributed by atoms with Gasteiger partial charge in [-0.2, -0.15) is 0 Å². The van der Waals surface area contributed by atoms with Crippen molar-refractivity contribution in [3.63, 3.8) is 0 Å². The van der Waals surface area contributed by atoms with Crippen molar-refractivity contribution in [3.05, 3.63) is 53.8 Å². The molecule has 0 aromatic carbocycles. The Hall–Kier alpha value is -2.34. The molecule has 3 heterocycles. The van der Waals surface area contributed by atoms with E-state index < -0.39 is 0 Å². The molecule has 0 saturated carbocycles. The van der Waals surface area contributed by atoms with Crippen molar-refractivity contribution < 1.29 is 0 Å². The van der Waals surface area contributed by atoms with Crippen LogP contribution in [0.4, 0.5) is 5.82 Å². The van der Waals surface area contributed by atoms with Crippen molar-refractivity contribution in [2.75, 3.05) is 5.73 Å². The summed E-state index contributed by atoms with van der Waals surface area (Å²) in [5.41, 5.74) is 9.32. The molecule has 3 aromatic heterocycles. The van der Waals surface area contributed by atoms with E-state index in [0.29, 0.717) is 5.82 Å². The minimum absolute atomic E-state index is 0.435. The van der Waals surface area contributed by atoms with Crippen molar-refractivity contribution in [2.24, 2.45) is 0 Å². The Morgan fingerprint density at radius 1 is 1.00 bits per heavy atom. The monoisotopic (exact) mass is 327 g/mol. The van der Waals surface area contributed by atoms with Gasteiger partial charge in [0.25, 0.3) is 0 Å². The zero-order chi connectivity index (χ0) is 13.9. The minimum atomic E-state index is 0.435. The molecule has 0 bridgehead atoms. The molecule has 6 heteroatoms. The van der Waals surface area contributed by atoms with Gasteiger partial charge >= 0.3 is 0 Å². The maximum Gasteiger partial charge on any atom is 0.138 e. The third kappa shape index (κ3) is 2.37. The van der Waals surface area contributed by atoms with Gasteiger partial charge in [0.1, 0.15) is 12.1 Å². The molecular weight excluding hydrogens is 318 g/mol. The van der Waals surface area contributed by atoms with Crippen LogP contribution in [-0.2, 0) is 0 Å². The first-order valence-electron chi connectivity index (χ1n) is 5.87. The van der Waals surface area contributed by atoms with Crippen molar-refractivity contribution in [2.45, 2.75) is 0 Å². The molecule has 3 rings (SSSR count). The lowest BCUT2D eigenvalue weighted by atomic mass is 10.0. The number of aromatic nitrogens is 4. The normalized spacial score (nSPS) is 10.4. The van der Waals surface area contributed by atoms with Crippen LogP contribution in [0.25, 0.3) is 22.4 Å². The topological polar surface area (TPSA) is 77.6 Å². The Morgan fingerprint density at radius 3 is 2.45 bits per heavy atom. The summed E-state index contributed by atoms with van der Waals surface area (Å²) in [5.74, 6) is 0.435. The van der Waals surface area contributed by atoms with E-state index >= 15 is 0 Å². The molecule has 0 aliphatic carbocycles. The minimum Gasteiger partial charge on any atom is -0.383 e. The van der Waals surface area contributed by atoms with E-state index in [1.165, 1.54) is 6.33 Å². The number of rotatable bonds is 2. The van der Waals surface area contributed by atoms with Gasteiger partial charge in [-0.1, -0.05) is 0 Å². The number of nitrogens with two attached hydrogens (primary N) is 1. The van der Waals surface area contributed by atoms with E-state index in [9.17, 15) is 0 Å². The van der Waals surface area contributed by atoms with Crippen LogP contribution in [0.2, 0.25) is 0 Å². The Bertz CT molecular complexity index is 667. The van der Waals surface area contributed by atoms with Crippen molar-refractivity contribution >= 4 is 21.7 Å². The van der Waals surface area contributed by atoms with Crippen LogP contribution < -0.4 is 5.73 Å². The Morgan fingerprint density at radius 2 is 1.75 bits per heavy atom. The van der Waals surface area contributed by atoms with Gasteiger partial charge in [0.15, 0.2) is 0 Å². The standard InChI is InChI=1S/C14H10BrN5/c15-12-4-11(10-6-18-8-19-7-10)13(20-14(12)16)9-2-1-3-17-5-9/h1-8H,(H2,16,20). The molecule has 0 radical (unpaired) electrons. The molecule has 20 heavy (non-hydrogen) atoms. The second-order valence-electron chi connectivity index (χ2n) is 4.12. The maximum atomic E-state index is 5.90. The van der Waals surface area contributed by atoms with E-state index in [2.05, 4.69) is 35.9 Å². The smallest absolute Gasteiger partial charge is 0.138 e. The van der Waals surface area contributed by atoms with Gasteiger partial charge in [-0.3, -0.25) is 4.98 Å². The Balaban J connectivity index is 2.26. The average molecular weight is 328 g/mol. The van der Waals surface area contributed by atoms with Crippen LogP contribution >= 0.6 is 15.9 Å². The molecule has 0 spiro atoms. The highest BCUT2D eigenvalue weighted by Crippen LogP contribution is 2.33. The zero-order valence-electron chi connectivity index (χ0n) is 10.4. The number of hydrogen-bond acceptors (Lipinski definition) is 5. The van der Waals surface area contributed by atoms with Gasteiger partial charge in [0, 0.05) is 41.5 Å². The first-order valence-corrected chi connectivity index (χ1v) is 6.67. The highest BCUT2D eigenvalue weighted by molar-refractivity contribution is 9.10. The Labute approximate surface area is 124 Å². The number of hydrogen-bond donors (Lipinski definition) is 1. The lowest BCUT2D eigenvalue weighted by Gasteiger charge is -2.10. The SMILES string of the molecule is Nc1nc(-c2cccnc2)c(-c2cncnc2)cc1Br. The van der Waals surface area contributed by atoms with E-state index in [-0.39, 0.29) is 0 Å². The highest BCUT2D eigenvalue weighted by Gasteiger charge is 2.13. The zero-order valence-corrected chi connectivity index (χ0v) is 11.9. The fourth-order valence-corrected chi connectivity index (χ4v) is 2.20. The summed E-state index contributed by atoms with van der Waals surface area (Å²) >= 11 is 3.41. The summed E-state index contributed by atoms with van der Waals surface area (Å²) < 4.78 is 0.740. The van der Waals surface area contributed by atoms with Crippen LogP contribution in [0.15, 0.2) is 53.8 Å². The second-order valence-corrected chi connectivity index (χ2v) is 4.97. The number of nitrogen functional groups attached to an aromatic ring is 1. The van der Waals surface area contributed by atoms with Gasteiger partial charge in [-0.25, -0.2) is 15.0 Å². The van der Waals surface area contributed by atoms with Crippen molar-refractivity contribution in [1.82, 2.24) is 19.9 Å². The number of halogens is 1. The summed E-state index contributed by atoms with van der Waals surface area (Å²) in [7, 11) is 0. The van der Waals surface area contributed by atoms with Crippen molar-refractivity contribution in [3.8, 4) is 22.4 Å². The van der Waals surface area contributed by atoms with Crippen molar-refractivity contribution in [1.29, 1.82) is 0 Å². The van der Waals surface area contributed by atoms with E-state index in [0.717, 1.165) is 26.9 Å². The molecule has 2 N–H and O–H groups in total. The fraction of sp³-hybridized carbons (Fsp3) is 0. The van der Waals surface area contributed by atoms with Crippen LogP contribution in [0.5, 0.6) is 0 Å². The molecule has 0 atom stereocenters. The van der Waals surface area contributed by atoms with Crippen LogP contribution in [0.1, 0.15) is 0 Å². The number of pyridine rings is 2. The first-order chi connectivity index (χ1) is 9.75. The summed E-state index contributed by atoms with van der Waals surface area (Å²) in [5, 5.41) is 0. The molecule has 5 nitrogen and oxygen atoms in total. The Kier molecular flexibility index (Phi) is 3.39. The summed E-state index contributed by atoms with van der Waals surface area (Å²) in [6.07, 6.45) is 8.45. The van der Waals surface area contributed by atoms with E-state index in [1.54, 1.807) is 24.8 Å². The number of anilines is 1. The van der Waals surface area contributed by atoms with Gasteiger partial charge in [-0.05, 0) is 34.1 Å². The van der Waals surface area contributed by atoms with Gasteiger partial charge in [0.2, 0.25) is 0 Å². The molecule has 0 aliphatic rings. The third-order valence-corrected chi connectivity index (χ3v) is 3.44. The summed E-state index contributed by atoms with van der Waals surface area (Å²) in [6.45, 7) is 0. The second kappa shape index (κ2) is 5.34. The average Bonchev–Trinajstić information content (AvgIpc) is 2.51. The molecule has 3 aromatic rings. The maximum absolute atomic E-state index is 5.90. The molecule has 0 aliphatic heterocycles. The first kappa shape index (κ1) is 12.7. The lowest BCUT2D eigenvalue weighted by Crippen LogP contribution is -1.97.